The van der Waals surface area contributed by atoms with E-state index in [-0.39, 0.29) is 11.8 Å². The van der Waals surface area contributed by atoms with Crippen LogP contribution < -0.4 is 10.6 Å². The van der Waals surface area contributed by atoms with Gasteiger partial charge < -0.3 is 15.7 Å². The number of aromatic nitrogens is 2. The molecule has 0 aliphatic carbocycles. The number of hydrogen-bond donors (Lipinski definition) is 3. The summed E-state index contributed by atoms with van der Waals surface area (Å²) in [6.07, 6.45) is -2.19. The number of rotatable bonds is 8. The number of aliphatic hydroxyl groups is 1. The molecule has 7 nitrogen and oxygen atoms in total. The Morgan fingerprint density at radius 3 is 2.76 bits per heavy atom. The summed E-state index contributed by atoms with van der Waals surface area (Å²) in [5.74, 6) is 0.559. The highest BCUT2D eigenvalue weighted by molar-refractivity contribution is 9.10. The third-order valence-electron chi connectivity index (χ3n) is 8.32. The zero-order valence-corrected chi connectivity index (χ0v) is 25.4. The van der Waals surface area contributed by atoms with E-state index in [1.165, 1.54) is 0 Å². The predicted molar refractivity (Wildman–Crippen MR) is 160 cm³/mol. The molecule has 224 valence electrons. The second kappa shape index (κ2) is 11.9. The molecule has 3 N–H and O–H groups in total. The molecule has 11 heteroatoms. The van der Waals surface area contributed by atoms with E-state index in [2.05, 4.69) is 43.7 Å². The van der Waals surface area contributed by atoms with Crippen LogP contribution in [0.2, 0.25) is 0 Å². The van der Waals surface area contributed by atoms with E-state index in [0.717, 1.165) is 56.6 Å². The predicted octanol–water partition coefficient (Wildman–Crippen LogP) is 6.41. The molecule has 42 heavy (non-hydrogen) atoms. The maximum absolute atomic E-state index is 12.8. The minimum absolute atomic E-state index is 0.00195. The van der Waals surface area contributed by atoms with Crippen LogP contribution in [0.15, 0.2) is 47.1 Å². The molecule has 2 aliphatic rings. The Balaban J connectivity index is 1.26. The minimum Gasteiger partial charge on any atom is -0.382 e. The average Bonchev–Trinajstić information content (AvgIpc) is 3.17. The van der Waals surface area contributed by atoms with Crippen LogP contribution in [-0.2, 0) is 23.1 Å². The van der Waals surface area contributed by atoms with Crippen LogP contribution in [0.5, 0.6) is 0 Å². The minimum atomic E-state index is -4.61. The summed E-state index contributed by atoms with van der Waals surface area (Å²) in [7, 11) is 0. The molecular formula is C31H35BrF3N5O2. The van der Waals surface area contributed by atoms with Crippen LogP contribution in [0.25, 0.3) is 0 Å². The number of benzene rings is 2. The number of fused-ring (bicyclic) bond motifs is 1. The molecule has 1 aromatic heterocycles. The van der Waals surface area contributed by atoms with Gasteiger partial charge in [-0.15, -0.1) is 0 Å². The fourth-order valence-electron chi connectivity index (χ4n) is 5.98. The number of piperidine rings is 1. The van der Waals surface area contributed by atoms with Gasteiger partial charge in [0.25, 0.3) is 0 Å². The molecule has 2 atom stereocenters. The first kappa shape index (κ1) is 30.4. The fourth-order valence-corrected chi connectivity index (χ4v) is 6.37. The Hall–Kier alpha value is -3.02. The van der Waals surface area contributed by atoms with Gasteiger partial charge >= 0.3 is 6.18 Å². The average molecular weight is 647 g/mol. The summed E-state index contributed by atoms with van der Waals surface area (Å²) < 4.78 is 39.3. The van der Waals surface area contributed by atoms with Gasteiger partial charge in [-0.3, -0.25) is 9.69 Å². The molecule has 2 unspecified atom stereocenters. The molecule has 0 bridgehead atoms. The first-order valence-corrected chi connectivity index (χ1v) is 14.9. The van der Waals surface area contributed by atoms with E-state index in [1.54, 1.807) is 11.1 Å². The van der Waals surface area contributed by atoms with E-state index in [0.29, 0.717) is 31.9 Å². The van der Waals surface area contributed by atoms with Crippen LogP contribution in [0, 0.1) is 6.92 Å². The molecule has 0 spiro atoms. The number of carbonyl (C=O) groups excluding carboxylic acids is 1. The quantitative estimate of drug-likeness (QED) is 0.262. The van der Waals surface area contributed by atoms with E-state index in [1.807, 2.05) is 45.0 Å². The van der Waals surface area contributed by atoms with Gasteiger partial charge in [0.2, 0.25) is 11.9 Å². The number of nitrogens with zero attached hydrogens (tertiary/aromatic N) is 3. The van der Waals surface area contributed by atoms with Gasteiger partial charge in [0, 0.05) is 30.7 Å². The number of aliphatic hydroxyl groups excluding tert-OH is 1. The van der Waals surface area contributed by atoms with Crippen molar-refractivity contribution in [3.63, 3.8) is 0 Å². The van der Waals surface area contributed by atoms with Gasteiger partial charge in [0.1, 0.15) is 0 Å². The van der Waals surface area contributed by atoms with E-state index < -0.39 is 24.2 Å². The van der Waals surface area contributed by atoms with Gasteiger partial charge in [0.05, 0.1) is 15.6 Å². The van der Waals surface area contributed by atoms with Crippen molar-refractivity contribution >= 4 is 39.2 Å². The summed E-state index contributed by atoms with van der Waals surface area (Å²) in [5.41, 5.74) is 6.15. The lowest BCUT2D eigenvalue weighted by Gasteiger charge is -2.34. The van der Waals surface area contributed by atoms with Crippen LogP contribution in [0.3, 0.4) is 0 Å². The second-order valence-corrected chi connectivity index (χ2v) is 12.6. The van der Waals surface area contributed by atoms with Gasteiger partial charge in [-0.05, 0) is 109 Å². The molecule has 2 aliphatic heterocycles. The van der Waals surface area contributed by atoms with Crippen molar-refractivity contribution in [1.29, 1.82) is 0 Å². The monoisotopic (exact) mass is 645 g/mol. The summed E-state index contributed by atoms with van der Waals surface area (Å²) in [4.78, 5) is 23.4. The maximum Gasteiger partial charge on any atom is 0.415 e. The number of aryl methyl sites for hydroxylation is 3. The van der Waals surface area contributed by atoms with Gasteiger partial charge in [0.15, 0.2) is 6.10 Å². The number of halogens is 4. The van der Waals surface area contributed by atoms with Crippen molar-refractivity contribution < 1.29 is 23.1 Å². The Kier molecular flexibility index (Phi) is 8.65. The SMILES string of the molecule is Cc1cc(C2CCCN(CC(O)C(F)(F)F)C2)ccc1Nc1ncc(Br)c(CCc2cccc3c2C(C)(C)C(=O)N3)n1. The standard InChI is InChI=1S/C31H35BrF3N5O2/c1-18-14-20(21-7-5-13-40(16-21)17-26(41)31(33,34)35)10-11-23(18)38-29-36-15-22(32)24(39-29)12-9-19-6-4-8-25-27(19)30(2,3)28(42)37-25/h4,6,8,10-11,14-15,21,26,41H,5,7,9,12-13,16-17H2,1-3H3,(H,37,42)(H,36,38,39). The smallest absolute Gasteiger partial charge is 0.382 e. The van der Waals surface area contributed by atoms with Crippen molar-refractivity contribution in [2.24, 2.45) is 0 Å². The zero-order valence-electron chi connectivity index (χ0n) is 23.9. The number of alkyl halides is 3. The normalized spacial score (nSPS) is 19.3. The molecule has 1 saturated heterocycles. The largest absolute Gasteiger partial charge is 0.415 e. The highest BCUT2D eigenvalue weighted by Crippen LogP contribution is 2.40. The molecule has 3 aromatic rings. The first-order valence-electron chi connectivity index (χ1n) is 14.1. The highest BCUT2D eigenvalue weighted by atomic mass is 79.9. The molecule has 2 aromatic carbocycles. The third kappa shape index (κ3) is 6.48. The second-order valence-electron chi connectivity index (χ2n) is 11.8. The van der Waals surface area contributed by atoms with E-state index >= 15 is 0 Å². The van der Waals surface area contributed by atoms with Gasteiger partial charge in [-0.2, -0.15) is 13.2 Å². The van der Waals surface area contributed by atoms with Crippen molar-refractivity contribution in [2.75, 3.05) is 30.3 Å². The lowest BCUT2D eigenvalue weighted by Crippen LogP contribution is -2.44. The lowest BCUT2D eigenvalue weighted by molar-refractivity contribution is -0.208. The van der Waals surface area contributed by atoms with Crippen molar-refractivity contribution in [3.05, 3.63) is 75.0 Å². The number of likely N-dealkylation sites (tertiary alicyclic amines) is 1. The zero-order chi connectivity index (χ0) is 30.2. The molecule has 5 rings (SSSR count). The molecule has 3 heterocycles. The number of anilines is 3. The third-order valence-corrected chi connectivity index (χ3v) is 8.98. The molecule has 0 saturated carbocycles. The number of hydrogen-bond acceptors (Lipinski definition) is 6. The van der Waals surface area contributed by atoms with Crippen molar-refractivity contribution in [2.45, 2.75) is 70.1 Å². The van der Waals surface area contributed by atoms with Gasteiger partial charge in [-0.25, -0.2) is 9.97 Å². The number of nitrogens with one attached hydrogen (secondary N) is 2. The number of β-amino-alcohol motifs (C(OH)–C–C–N with tert-alkyl or cyclic N) is 1. The van der Waals surface area contributed by atoms with E-state index in [4.69, 9.17) is 4.98 Å². The molecule has 1 amide bonds. The lowest BCUT2D eigenvalue weighted by atomic mass is 9.82. The Labute approximate surface area is 252 Å². The van der Waals surface area contributed by atoms with E-state index in [9.17, 15) is 23.1 Å². The Bertz CT molecular complexity index is 1480. The fraction of sp³-hybridized carbons (Fsp3) is 0.452. The molecule has 0 radical (unpaired) electrons. The summed E-state index contributed by atoms with van der Waals surface area (Å²) >= 11 is 3.58. The topological polar surface area (TPSA) is 90.4 Å². The summed E-state index contributed by atoms with van der Waals surface area (Å²) in [5, 5.41) is 15.8. The Morgan fingerprint density at radius 1 is 1.24 bits per heavy atom. The Morgan fingerprint density at radius 2 is 2.02 bits per heavy atom. The summed E-state index contributed by atoms with van der Waals surface area (Å²) in [6.45, 7) is 6.48. The summed E-state index contributed by atoms with van der Waals surface area (Å²) in [6, 6.07) is 12.0. The van der Waals surface area contributed by atoms with Crippen LogP contribution in [0.4, 0.5) is 30.5 Å². The van der Waals surface area contributed by atoms with Crippen LogP contribution in [-0.4, -0.2) is 57.8 Å². The number of amides is 1. The van der Waals surface area contributed by atoms with Crippen molar-refractivity contribution in [1.82, 2.24) is 14.9 Å². The highest BCUT2D eigenvalue weighted by Gasteiger charge is 2.40. The number of carbonyl (C=O) groups is 1. The molecular weight excluding hydrogens is 611 g/mol. The molecule has 1 fully saturated rings. The first-order chi connectivity index (χ1) is 19.8. The van der Waals surface area contributed by atoms with Crippen LogP contribution in [0.1, 0.15) is 60.6 Å². The maximum atomic E-state index is 12.8. The van der Waals surface area contributed by atoms with Crippen LogP contribution >= 0.6 is 15.9 Å². The van der Waals surface area contributed by atoms with Crippen molar-refractivity contribution in [3.8, 4) is 0 Å². The van der Waals surface area contributed by atoms with Gasteiger partial charge in [-0.1, -0.05) is 24.3 Å².